The Morgan fingerprint density at radius 2 is 1.74 bits per heavy atom. The molecule has 0 N–H and O–H groups in total. The third-order valence-corrected chi connectivity index (χ3v) is 3.80. The molecule has 0 aliphatic carbocycles. The number of anilines is 3. The van der Waals surface area contributed by atoms with Gasteiger partial charge in [-0.1, -0.05) is 18.2 Å². The molecule has 23 heavy (non-hydrogen) atoms. The standard InChI is InChI=1S/C17H14BN4.Ir/c1-21-15-6-2-3-7-16(15)22(18-21)17-11-13(8-10-20-17)14-5-4-9-19-12-14;/h2-12H,1H3;. The summed E-state index contributed by atoms with van der Waals surface area (Å²) < 4.78 is 0. The van der Waals surface area contributed by atoms with E-state index in [9.17, 15) is 0 Å². The van der Waals surface area contributed by atoms with E-state index in [-0.39, 0.29) is 20.1 Å². The molecule has 3 heterocycles. The predicted octanol–water partition coefficient (Wildman–Crippen LogP) is 3.26. The van der Waals surface area contributed by atoms with Crippen molar-refractivity contribution in [1.82, 2.24) is 9.97 Å². The number of pyridine rings is 2. The van der Waals surface area contributed by atoms with Crippen LogP contribution in [0, 0.1) is 0 Å². The molecule has 6 heteroatoms. The molecule has 1 aromatic carbocycles. The largest absolute Gasteiger partial charge is 0.400 e. The third kappa shape index (κ3) is 2.88. The number of rotatable bonds is 2. The summed E-state index contributed by atoms with van der Waals surface area (Å²) in [7, 11) is 4.10. The number of hydrogen-bond acceptors (Lipinski definition) is 4. The molecule has 2 radical (unpaired) electrons. The summed E-state index contributed by atoms with van der Waals surface area (Å²) in [6.45, 7) is 0. The minimum Gasteiger partial charge on any atom is -0.400 e. The fourth-order valence-corrected chi connectivity index (χ4v) is 2.71. The van der Waals surface area contributed by atoms with Crippen molar-refractivity contribution in [1.29, 1.82) is 0 Å². The molecule has 0 spiro atoms. The molecule has 0 amide bonds. The maximum absolute atomic E-state index is 4.53. The maximum atomic E-state index is 4.53. The second kappa shape index (κ2) is 6.53. The van der Waals surface area contributed by atoms with Gasteiger partial charge in [0.05, 0.1) is 5.69 Å². The minimum absolute atomic E-state index is 0. The molecule has 0 bridgehead atoms. The Morgan fingerprint density at radius 1 is 0.913 bits per heavy atom. The molecular weight excluding hydrogens is 463 g/mol. The molecule has 3 aromatic rings. The molecule has 0 fully saturated rings. The molecule has 1 aliphatic rings. The first-order valence-electron chi connectivity index (χ1n) is 7.15. The van der Waals surface area contributed by atoms with Gasteiger partial charge in [0.15, 0.2) is 0 Å². The van der Waals surface area contributed by atoms with E-state index in [1.54, 1.807) is 6.20 Å². The van der Waals surface area contributed by atoms with Crippen molar-refractivity contribution in [2.24, 2.45) is 0 Å². The van der Waals surface area contributed by atoms with Gasteiger partial charge in [0.25, 0.3) is 0 Å². The zero-order valence-electron chi connectivity index (χ0n) is 12.6. The Labute approximate surface area is 149 Å². The van der Waals surface area contributed by atoms with Crippen LogP contribution in [-0.2, 0) is 20.1 Å². The Kier molecular flexibility index (Phi) is 4.46. The monoisotopic (exact) mass is 478 g/mol. The van der Waals surface area contributed by atoms with E-state index in [2.05, 4.69) is 51.4 Å². The Morgan fingerprint density at radius 3 is 2.52 bits per heavy atom. The van der Waals surface area contributed by atoms with Gasteiger partial charge >= 0.3 is 7.55 Å². The summed E-state index contributed by atoms with van der Waals surface area (Å²) >= 11 is 0. The van der Waals surface area contributed by atoms with Crippen LogP contribution in [0.2, 0.25) is 0 Å². The topological polar surface area (TPSA) is 32.3 Å². The van der Waals surface area contributed by atoms with Crippen LogP contribution in [0.3, 0.4) is 0 Å². The zero-order valence-corrected chi connectivity index (χ0v) is 14.9. The van der Waals surface area contributed by atoms with Crippen molar-refractivity contribution in [2.75, 3.05) is 16.7 Å². The quantitative estimate of drug-likeness (QED) is 0.531. The average molecular weight is 477 g/mol. The first-order valence-corrected chi connectivity index (χ1v) is 7.15. The number of benzene rings is 1. The number of nitrogens with zero attached hydrogens (tertiary/aromatic N) is 4. The first kappa shape index (κ1) is 15.7. The van der Waals surface area contributed by atoms with Crippen molar-refractivity contribution >= 4 is 24.7 Å². The van der Waals surface area contributed by atoms with Crippen molar-refractivity contribution in [3.05, 3.63) is 67.1 Å². The molecule has 0 unspecified atom stereocenters. The van der Waals surface area contributed by atoms with Gasteiger partial charge in [-0.2, -0.15) is 0 Å². The van der Waals surface area contributed by atoms with E-state index in [4.69, 9.17) is 0 Å². The second-order valence-corrected chi connectivity index (χ2v) is 5.23. The van der Waals surface area contributed by atoms with E-state index >= 15 is 0 Å². The van der Waals surface area contributed by atoms with Crippen molar-refractivity contribution < 1.29 is 20.1 Å². The summed E-state index contributed by atoms with van der Waals surface area (Å²) in [6.07, 6.45) is 5.49. The third-order valence-electron chi connectivity index (χ3n) is 3.80. The van der Waals surface area contributed by atoms with Gasteiger partial charge < -0.3 is 9.62 Å². The fraction of sp³-hybridized carbons (Fsp3) is 0.0588. The fourth-order valence-electron chi connectivity index (χ4n) is 2.71. The smallest absolute Gasteiger partial charge is 0.397 e. The number of para-hydroxylation sites is 2. The SMILES string of the molecule is CN1[B]N(c2cc(-c3cccnc3)ccn2)c2ccccc21.[Ir]. The molecule has 114 valence electrons. The summed E-state index contributed by atoms with van der Waals surface area (Å²) in [5.74, 6) is 0.901. The van der Waals surface area contributed by atoms with Crippen LogP contribution in [0.5, 0.6) is 0 Å². The van der Waals surface area contributed by atoms with E-state index in [0.717, 1.165) is 22.6 Å². The maximum Gasteiger partial charge on any atom is 0.397 e. The normalized spacial score (nSPS) is 12.4. The van der Waals surface area contributed by atoms with Gasteiger partial charge in [-0.3, -0.25) is 4.98 Å². The molecule has 2 aromatic heterocycles. The van der Waals surface area contributed by atoms with Gasteiger partial charge in [-0.15, -0.1) is 0 Å². The summed E-state index contributed by atoms with van der Waals surface area (Å²) in [6, 6.07) is 16.4. The first-order chi connectivity index (χ1) is 10.8. The van der Waals surface area contributed by atoms with Gasteiger partial charge in [-0.05, 0) is 42.9 Å². The van der Waals surface area contributed by atoms with Crippen LogP contribution in [0.1, 0.15) is 0 Å². The number of aromatic nitrogens is 2. The van der Waals surface area contributed by atoms with Crippen LogP contribution >= 0.6 is 0 Å². The van der Waals surface area contributed by atoms with E-state index < -0.39 is 0 Å². The van der Waals surface area contributed by atoms with Crippen LogP contribution < -0.4 is 9.62 Å². The number of hydrogen-bond donors (Lipinski definition) is 0. The molecule has 1 aliphatic heterocycles. The molecule has 4 rings (SSSR count). The van der Waals surface area contributed by atoms with E-state index in [1.807, 2.05) is 43.7 Å². The average Bonchev–Trinajstić information content (AvgIpc) is 2.93. The van der Waals surface area contributed by atoms with Crippen LogP contribution in [0.15, 0.2) is 67.1 Å². The zero-order chi connectivity index (χ0) is 14.9. The Bertz CT molecular complexity index is 812. The molecule has 0 saturated heterocycles. The van der Waals surface area contributed by atoms with Crippen LogP contribution in [0.25, 0.3) is 11.1 Å². The van der Waals surface area contributed by atoms with Gasteiger partial charge in [0, 0.05) is 49.9 Å². The molecule has 0 saturated carbocycles. The van der Waals surface area contributed by atoms with Crippen LogP contribution in [0.4, 0.5) is 17.2 Å². The molecular formula is C17H14BIrN4. The predicted molar refractivity (Wildman–Crippen MR) is 90.2 cm³/mol. The van der Waals surface area contributed by atoms with Crippen molar-refractivity contribution in [2.45, 2.75) is 0 Å². The van der Waals surface area contributed by atoms with Gasteiger partial charge in [0.1, 0.15) is 5.82 Å². The van der Waals surface area contributed by atoms with Gasteiger partial charge in [-0.25, -0.2) is 4.98 Å². The summed E-state index contributed by atoms with van der Waals surface area (Å²) in [5.41, 5.74) is 4.52. The summed E-state index contributed by atoms with van der Waals surface area (Å²) in [4.78, 5) is 12.9. The second-order valence-electron chi connectivity index (χ2n) is 5.23. The van der Waals surface area contributed by atoms with E-state index in [0.29, 0.717) is 0 Å². The van der Waals surface area contributed by atoms with Gasteiger partial charge in [0.2, 0.25) is 0 Å². The Hall–Kier alpha value is -2.17. The molecule has 4 nitrogen and oxygen atoms in total. The molecule has 0 atom stereocenters. The van der Waals surface area contributed by atoms with Crippen LogP contribution in [-0.4, -0.2) is 24.6 Å². The summed E-state index contributed by atoms with van der Waals surface area (Å²) in [5, 5.41) is 0. The minimum atomic E-state index is 0. The van der Waals surface area contributed by atoms with Crippen molar-refractivity contribution in [3.8, 4) is 11.1 Å². The van der Waals surface area contributed by atoms with E-state index in [1.165, 1.54) is 5.69 Å². The Balaban J connectivity index is 0.00000156. The number of fused-ring (bicyclic) bond motifs is 1. The van der Waals surface area contributed by atoms with Crippen molar-refractivity contribution in [3.63, 3.8) is 0 Å².